The van der Waals surface area contributed by atoms with Crippen LogP contribution in [0.4, 0.5) is 18.9 Å². The number of piperazine rings is 1. The maximum Gasteiger partial charge on any atom is 0.253 e. The fourth-order valence-electron chi connectivity index (χ4n) is 5.28. The number of hydrogen-bond acceptors (Lipinski definition) is 3. The Labute approximate surface area is 203 Å². The summed E-state index contributed by atoms with van der Waals surface area (Å²) in [6, 6.07) is 18.8. The second-order valence-corrected chi connectivity index (χ2v) is 9.40. The van der Waals surface area contributed by atoms with Crippen LogP contribution in [0.2, 0.25) is 0 Å². The highest BCUT2D eigenvalue weighted by molar-refractivity contribution is 5.94. The van der Waals surface area contributed by atoms with Crippen molar-refractivity contribution in [1.29, 1.82) is 0 Å². The van der Waals surface area contributed by atoms with Crippen LogP contribution >= 0.6 is 0 Å². The van der Waals surface area contributed by atoms with Crippen LogP contribution in [0.3, 0.4) is 0 Å². The maximum absolute atomic E-state index is 14.0. The molecule has 0 spiro atoms. The Morgan fingerprint density at radius 3 is 2.09 bits per heavy atom. The topological polar surface area (TPSA) is 26.8 Å². The lowest BCUT2D eigenvalue weighted by molar-refractivity contribution is 0.0782. The standard InChI is InChI=1S/C28H28F3N3O/c29-23-6-4-20(5-7-23)28(35)34-18-22(27(19-34)21-2-1-3-25(31)16-21)17-32-12-14-33(15-13-32)26-10-8-24(30)9-11-26/h1-11,16,22,27H,12-15,17-19H2/t22-,27-/m1/s1. The number of anilines is 1. The van der Waals surface area contributed by atoms with Crippen LogP contribution in [0.15, 0.2) is 72.8 Å². The van der Waals surface area contributed by atoms with E-state index in [4.69, 9.17) is 0 Å². The third-order valence-corrected chi connectivity index (χ3v) is 7.15. The molecule has 0 aromatic heterocycles. The molecule has 0 unspecified atom stereocenters. The zero-order valence-electron chi connectivity index (χ0n) is 19.4. The van der Waals surface area contributed by atoms with Crippen molar-refractivity contribution in [3.05, 3.63) is 101 Å². The Bertz CT molecular complexity index is 1160. The summed E-state index contributed by atoms with van der Waals surface area (Å²) in [5, 5.41) is 0. The van der Waals surface area contributed by atoms with Crippen LogP contribution in [-0.4, -0.2) is 61.5 Å². The molecule has 2 saturated heterocycles. The van der Waals surface area contributed by atoms with E-state index in [1.165, 1.54) is 42.5 Å². The van der Waals surface area contributed by atoms with E-state index in [2.05, 4.69) is 9.80 Å². The quantitative estimate of drug-likeness (QED) is 0.527. The van der Waals surface area contributed by atoms with Crippen molar-refractivity contribution in [2.45, 2.75) is 5.92 Å². The van der Waals surface area contributed by atoms with Crippen molar-refractivity contribution in [2.24, 2.45) is 5.92 Å². The number of rotatable bonds is 5. The average Bonchev–Trinajstić information content (AvgIpc) is 3.29. The van der Waals surface area contributed by atoms with Gasteiger partial charge in [-0.1, -0.05) is 12.1 Å². The van der Waals surface area contributed by atoms with Crippen molar-refractivity contribution in [3.63, 3.8) is 0 Å². The fraction of sp³-hybridized carbons (Fsp3) is 0.321. The molecule has 1 amide bonds. The second-order valence-electron chi connectivity index (χ2n) is 9.40. The summed E-state index contributed by atoms with van der Waals surface area (Å²) >= 11 is 0. The minimum Gasteiger partial charge on any atom is -0.369 e. The van der Waals surface area contributed by atoms with Crippen molar-refractivity contribution < 1.29 is 18.0 Å². The third kappa shape index (κ3) is 5.35. The summed E-state index contributed by atoms with van der Waals surface area (Å²) in [4.78, 5) is 19.6. The minimum absolute atomic E-state index is 0.0187. The number of carbonyl (C=O) groups is 1. The Balaban J connectivity index is 1.28. The van der Waals surface area contributed by atoms with E-state index in [0.29, 0.717) is 18.7 Å². The van der Waals surface area contributed by atoms with Crippen LogP contribution in [-0.2, 0) is 0 Å². The number of nitrogens with zero attached hydrogens (tertiary/aromatic N) is 3. The molecule has 2 fully saturated rings. The molecule has 0 bridgehead atoms. The molecule has 7 heteroatoms. The van der Waals surface area contributed by atoms with E-state index in [-0.39, 0.29) is 35.2 Å². The molecule has 0 aliphatic carbocycles. The molecular weight excluding hydrogens is 451 g/mol. The van der Waals surface area contributed by atoms with E-state index in [0.717, 1.165) is 44.0 Å². The molecule has 0 N–H and O–H groups in total. The van der Waals surface area contributed by atoms with Gasteiger partial charge in [-0.15, -0.1) is 0 Å². The van der Waals surface area contributed by atoms with Gasteiger partial charge in [0.05, 0.1) is 0 Å². The number of halogens is 3. The molecule has 4 nitrogen and oxygen atoms in total. The number of carbonyl (C=O) groups excluding carboxylic acids is 1. The summed E-state index contributed by atoms with van der Waals surface area (Å²) in [5.41, 5.74) is 2.37. The first-order chi connectivity index (χ1) is 17.0. The molecule has 2 atom stereocenters. The van der Waals surface area contributed by atoms with Crippen molar-refractivity contribution >= 4 is 11.6 Å². The monoisotopic (exact) mass is 479 g/mol. The second kappa shape index (κ2) is 10.1. The van der Waals surface area contributed by atoms with Gasteiger partial charge in [0.1, 0.15) is 17.5 Å². The van der Waals surface area contributed by atoms with Gasteiger partial charge in [-0.05, 0) is 72.1 Å². The van der Waals surface area contributed by atoms with Gasteiger partial charge in [0.25, 0.3) is 5.91 Å². The van der Waals surface area contributed by atoms with Crippen LogP contribution < -0.4 is 4.90 Å². The Hall–Kier alpha value is -3.32. The summed E-state index contributed by atoms with van der Waals surface area (Å²) in [7, 11) is 0. The van der Waals surface area contributed by atoms with Gasteiger partial charge in [0, 0.05) is 63.0 Å². The van der Waals surface area contributed by atoms with Crippen LogP contribution in [0, 0.1) is 23.4 Å². The van der Waals surface area contributed by atoms with Gasteiger partial charge >= 0.3 is 0 Å². The van der Waals surface area contributed by atoms with E-state index in [1.54, 1.807) is 24.3 Å². The molecule has 2 heterocycles. The van der Waals surface area contributed by atoms with Crippen molar-refractivity contribution in [1.82, 2.24) is 9.80 Å². The van der Waals surface area contributed by atoms with Gasteiger partial charge in [-0.3, -0.25) is 9.69 Å². The molecule has 5 rings (SSSR count). The van der Waals surface area contributed by atoms with E-state index < -0.39 is 0 Å². The van der Waals surface area contributed by atoms with Crippen molar-refractivity contribution in [2.75, 3.05) is 50.7 Å². The molecule has 2 aliphatic rings. The fourth-order valence-corrected chi connectivity index (χ4v) is 5.28. The smallest absolute Gasteiger partial charge is 0.253 e. The van der Waals surface area contributed by atoms with E-state index in [9.17, 15) is 18.0 Å². The van der Waals surface area contributed by atoms with Crippen LogP contribution in [0.1, 0.15) is 21.8 Å². The minimum atomic E-state index is -0.377. The summed E-state index contributed by atoms with van der Waals surface area (Å²) < 4.78 is 40.6. The van der Waals surface area contributed by atoms with Crippen LogP contribution in [0.25, 0.3) is 0 Å². The van der Waals surface area contributed by atoms with Gasteiger partial charge in [-0.2, -0.15) is 0 Å². The summed E-state index contributed by atoms with van der Waals surface area (Å²) in [6.07, 6.45) is 0. The zero-order chi connectivity index (χ0) is 24.4. The predicted molar refractivity (Wildman–Crippen MR) is 130 cm³/mol. The van der Waals surface area contributed by atoms with Crippen LogP contribution in [0.5, 0.6) is 0 Å². The molecule has 182 valence electrons. The highest BCUT2D eigenvalue weighted by atomic mass is 19.1. The number of likely N-dealkylation sites (tertiary alicyclic amines) is 1. The Kier molecular flexibility index (Phi) is 6.77. The maximum atomic E-state index is 14.0. The van der Waals surface area contributed by atoms with Gasteiger partial charge < -0.3 is 9.80 Å². The third-order valence-electron chi connectivity index (χ3n) is 7.15. The Morgan fingerprint density at radius 2 is 1.43 bits per heavy atom. The molecule has 0 saturated carbocycles. The largest absolute Gasteiger partial charge is 0.369 e. The van der Waals surface area contributed by atoms with E-state index >= 15 is 0 Å². The first kappa shape index (κ1) is 23.4. The zero-order valence-corrected chi connectivity index (χ0v) is 19.4. The van der Waals surface area contributed by atoms with Gasteiger partial charge in [0.15, 0.2) is 0 Å². The highest BCUT2D eigenvalue weighted by Crippen LogP contribution is 2.35. The van der Waals surface area contributed by atoms with Gasteiger partial charge in [0.2, 0.25) is 0 Å². The first-order valence-electron chi connectivity index (χ1n) is 12.0. The Morgan fingerprint density at radius 1 is 0.771 bits per heavy atom. The summed E-state index contributed by atoms with van der Waals surface area (Å²) in [5.74, 6) is -0.855. The molecule has 0 radical (unpaired) electrons. The highest BCUT2D eigenvalue weighted by Gasteiger charge is 2.38. The molecule has 35 heavy (non-hydrogen) atoms. The predicted octanol–water partition coefficient (Wildman–Crippen LogP) is 4.78. The van der Waals surface area contributed by atoms with E-state index in [1.807, 2.05) is 11.0 Å². The molecule has 2 aliphatic heterocycles. The molecule has 3 aromatic carbocycles. The molecule has 3 aromatic rings. The van der Waals surface area contributed by atoms with Crippen molar-refractivity contribution in [3.8, 4) is 0 Å². The lowest BCUT2D eigenvalue weighted by Gasteiger charge is -2.37. The number of benzene rings is 3. The lowest BCUT2D eigenvalue weighted by atomic mass is 9.88. The average molecular weight is 480 g/mol. The normalized spacial score (nSPS) is 20.9. The van der Waals surface area contributed by atoms with Gasteiger partial charge in [-0.25, -0.2) is 13.2 Å². The summed E-state index contributed by atoms with van der Waals surface area (Å²) in [6.45, 7) is 5.24. The number of hydrogen-bond donors (Lipinski definition) is 0. The lowest BCUT2D eigenvalue weighted by Crippen LogP contribution is -2.48. The SMILES string of the molecule is O=C(c1ccc(F)cc1)N1C[C@@H](CN2CCN(c3ccc(F)cc3)CC2)[C@@H](c2cccc(F)c2)C1. The first-order valence-corrected chi connectivity index (χ1v) is 12.0. The number of amides is 1. The molecular formula is C28H28F3N3O.